The fourth-order valence-corrected chi connectivity index (χ4v) is 1.63. The van der Waals surface area contributed by atoms with E-state index in [1.54, 1.807) is 0 Å². The Morgan fingerprint density at radius 1 is 1.37 bits per heavy atom. The van der Waals surface area contributed by atoms with Gasteiger partial charge in [-0.1, -0.05) is 12.1 Å². The smallest absolute Gasteiger partial charge is 0.274 e. The number of pyridine rings is 1. The standard InChI is InChI=1S/C14H14FN3O/c1-9-2-3-10(7-16)6-13(9)18-14(19)12-5-4-11(15)8-17-12/h2-6,8H,7,16H2,1H3,(H,18,19). The second-order valence-corrected chi connectivity index (χ2v) is 4.17. The minimum atomic E-state index is -0.474. The van der Waals surface area contributed by atoms with Gasteiger partial charge in [0.15, 0.2) is 0 Å². The number of carbonyl (C=O) groups is 1. The summed E-state index contributed by atoms with van der Waals surface area (Å²) in [6, 6.07) is 8.14. The van der Waals surface area contributed by atoms with Gasteiger partial charge in [0.2, 0.25) is 0 Å². The summed E-state index contributed by atoms with van der Waals surface area (Å²) in [5, 5.41) is 2.74. The molecular formula is C14H14FN3O. The summed E-state index contributed by atoms with van der Waals surface area (Å²) in [6.45, 7) is 2.28. The van der Waals surface area contributed by atoms with Gasteiger partial charge in [0.05, 0.1) is 6.20 Å². The molecule has 1 amide bonds. The van der Waals surface area contributed by atoms with Gasteiger partial charge < -0.3 is 11.1 Å². The Morgan fingerprint density at radius 3 is 2.79 bits per heavy atom. The average molecular weight is 259 g/mol. The van der Waals surface area contributed by atoms with Crippen LogP contribution in [0, 0.1) is 12.7 Å². The number of hydrogen-bond acceptors (Lipinski definition) is 3. The van der Waals surface area contributed by atoms with Crippen LogP contribution >= 0.6 is 0 Å². The van der Waals surface area contributed by atoms with Gasteiger partial charge in [-0.3, -0.25) is 4.79 Å². The molecule has 98 valence electrons. The summed E-state index contributed by atoms with van der Waals surface area (Å²) in [4.78, 5) is 15.7. The molecule has 19 heavy (non-hydrogen) atoms. The molecule has 0 saturated heterocycles. The first-order valence-electron chi connectivity index (χ1n) is 5.82. The lowest BCUT2D eigenvalue weighted by molar-refractivity contribution is 0.102. The zero-order chi connectivity index (χ0) is 13.8. The van der Waals surface area contributed by atoms with E-state index in [0.29, 0.717) is 12.2 Å². The van der Waals surface area contributed by atoms with E-state index in [9.17, 15) is 9.18 Å². The highest BCUT2D eigenvalue weighted by molar-refractivity contribution is 6.03. The molecule has 5 heteroatoms. The lowest BCUT2D eigenvalue weighted by Gasteiger charge is -2.09. The third-order valence-electron chi connectivity index (χ3n) is 2.75. The zero-order valence-electron chi connectivity index (χ0n) is 10.5. The molecule has 1 heterocycles. The van der Waals surface area contributed by atoms with E-state index in [4.69, 9.17) is 5.73 Å². The Morgan fingerprint density at radius 2 is 2.16 bits per heavy atom. The second-order valence-electron chi connectivity index (χ2n) is 4.17. The van der Waals surface area contributed by atoms with Crippen molar-refractivity contribution >= 4 is 11.6 Å². The van der Waals surface area contributed by atoms with Gasteiger partial charge in [-0.15, -0.1) is 0 Å². The van der Waals surface area contributed by atoms with Crippen molar-refractivity contribution in [2.45, 2.75) is 13.5 Å². The largest absolute Gasteiger partial charge is 0.326 e. The molecule has 0 radical (unpaired) electrons. The van der Waals surface area contributed by atoms with E-state index in [-0.39, 0.29) is 11.6 Å². The Balaban J connectivity index is 2.21. The number of benzene rings is 1. The number of hydrogen-bond donors (Lipinski definition) is 2. The molecule has 0 saturated carbocycles. The number of rotatable bonds is 3. The first-order chi connectivity index (χ1) is 9.10. The lowest BCUT2D eigenvalue weighted by Crippen LogP contribution is -2.14. The number of aromatic nitrogens is 1. The topological polar surface area (TPSA) is 68.0 Å². The number of carbonyl (C=O) groups excluding carboxylic acids is 1. The summed E-state index contributed by atoms with van der Waals surface area (Å²) >= 11 is 0. The third kappa shape index (κ3) is 3.14. The number of nitrogens with two attached hydrogens (primary N) is 1. The molecule has 0 spiro atoms. The van der Waals surface area contributed by atoms with Crippen LogP contribution in [0.2, 0.25) is 0 Å². The molecule has 1 aromatic heterocycles. The number of amides is 1. The van der Waals surface area contributed by atoms with Crippen LogP contribution in [0.3, 0.4) is 0 Å². The normalized spacial score (nSPS) is 10.3. The highest BCUT2D eigenvalue weighted by Crippen LogP contribution is 2.17. The van der Waals surface area contributed by atoms with Crippen molar-refractivity contribution in [3.8, 4) is 0 Å². The summed E-state index contributed by atoms with van der Waals surface area (Å²) in [7, 11) is 0. The molecule has 0 aliphatic rings. The predicted octanol–water partition coefficient (Wildman–Crippen LogP) is 2.24. The monoisotopic (exact) mass is 259 g/mol. The predicted molar refractivity (Wildman–Crippen MR) is 71.2 cm³/mol. The average Bonchev–Trinajstić information content (AvgIpc) is 2.42. The molecule has 2 rings (SSSR count). The summed E-state index contributed by atoms with van der Waals surface area (Å²) in [5.41, 5.74) is 8.25. The van der Waals surface area contributed by atoms with E-state index in [0.717, 1.165) is 17.3 Å². The Labute approximate surface area is 110 Å². The van der Waals surface area contributed by atoms with Crippen molar-refractivity contribution in [2.75, 3.05) is 5.32 Å². The van der Waals surface area contributed by atoms with E-state index in [1.165, 1.54) is 12.1 Å². The lowest BCUT2D eigenvalue weighted by atomic mass is 10.1. The van der Waals surface area contributed by atoms with Crippen molar-refractivity contribution < 1.29 is 9.18 Å². The van der Waals surface area contributed by atoms with Crippen LogP contribution in [0.15, 0.2) is 36.5 Å². The van der Waals surface area contributed by atoms with Crippen molar-refractivity contribution in [3.05, 3.63) is 59.2 Å². The first-order valence-corrected chi connectivity index (χ1v) is 5.82. The maximum absolute atomic E-state index is 12.7. The van der Waals surface area contributed by atoms with Crippen molar-refractivity contribution in [3.63, 3.8) is 0 Å². The number of halogens is 1. The van der Waals surface area contributed by atoms with Crippen molar-refractivity contribution in [1.82, 2.24) is 4.98 Å². The fourth-order valence-electron chi connectivity index (χ4n) is 1.63. The van der Waals surface area contributed by atoms with Crippen LogP contribution in [0.25, 0.3) is 0 Å². The second kappa shape index (κ2) is 5.58. The molecule has 4 nitrogen and oxygen atoms in total. The Hall–Kier alpha value is -2.27. The molecular weight excluding hydrogens is 245 g/mol. The SMILES string of the molecule is Cc1ccc(CN)cc1NC(=O)c1ccc(F)cn1. The fraction of sp³-hybridized carbons (Fsp3) is 0.143. The Kier molecular flexibility index (Phi) is 3.87. The first kappa shape index (κ1) is 13.2. The van der Waals surface area contributed by atoms with Crippen LogP contribution < -0.4 is 11.1 Å². The molecule has 0 bridgehead atoms. The highest BCUT2D eigenvalue weighted by atomic mass is 19.1. The van der Waals surface area contributed by atoms with Gasteiger partial charge in [-0.2, -0.15) is 0 Å². The number of nitrogens with zero attached hydrogens (tertiary/aromatic N) is 1. The quantitative estimate of drug-likeness (QED) is 0.888. The maximum Gasteiger partial charge on any atom is 0.274 e. The highest BCUT2D eigenvalue weighted by Gasteiger charge is 2.09. The Bertz CT molecular complexity index is 596. The van der Waals surface area contributed by atoms with Gasteiger partial charge in [0.25, 0.3) is 5.91 Å². The minimum Gasteiger partial charge on any atom is -0.326 e. The van der Waals surface area contributed by atoms with Gasteiger partial charge in [-0.05, 0) is 36.2 Å². The van der Waals surface area contributed by atoms with Gasteiger partial charge in [0, 0.05) is 12.2 Å². The summed E-state index contributed by atoms with van der Waals surface area (Å²) in [6.07, 6.45) is 1.01. The van der Waals surface area contributed by atoms with Crippen LogP contribution in [-0.2, 0) is 6.54 Å². The van der Waals surface area contributed by atoms with Gasteiger partial charge in [-0.25, -0.2) is 9.37 Å². The molecule has 0 aliphatic heterocycles. The zero-order valence-corrected chi connectivity index (χ0v) is 10.5. The van der Waals surface area contributed by atoms with Crippen LogP contribution in [0.5, 0.6) is 0 Å². The van der Waals surface area contributed by atoms with Gasteiger partial charge >= 0.3 is 0 Å². The molecule has 0 atom stereocenters. The molecule has 0 aliphatic carbocycles. The number of anilines is 1. The van der Waals surface area contributed by atoms with Gasteiger partial charge in [0.1, 0.15) is 11.5 Å². The molecule has 0 fully saturated rings. The molecule has 0 unspecified atom stereocenters. The molecule has 3 N–H and O–H groups in total. The van der Waals surface area contributed by atoms with E-state index in [1.807, 2.05) is 25.1 Å². The van der Waals surface area contributed by atoms with E-state index < -0.39 is 5.82 Å². The van der Waals surface area contributed by atoms with Crippen LogP contribution in [0.1, 0.15) is 21.6 Å². The summed E-state index contributed by atoms with van der Waals surface area (Å²) in [5.74, 6) is -0.852. The molecule has 2 aromatic rings. The van der Waals surface area contributed by atoms with Crippen molar-refractivity contribution in [2.24, 2.45) is 5.73 Å². The van der Waals surface area contributed by atoms with E-state index in [2.05, 4.69) is 10.3 Å². The summed E-state index contributed by atoms with van der Waals surface area (Å²) < 4.78 is 12.7. The third-order valence-corrected chi connectivity index (χ3v) is 2.75. The van der Waals surface area contributed by atoms with Crippen molar-refractivity contribution in [1.29, 1.82) is 0 Å². The molecule has 1 aromatic carbocycles. The number of aryl methyl sites for hydroxylation is 1. The van der Waals surface area contributed by atoms with Crippen LogP contribution in [-0.4, -0.2) is 10.9 Å². The minimum absolute atomic E-state index is 0.166. The number of nitrogens with one attached hydrogen (secondary N) is 1. The maximum atomic E-state index is 12.7. The van der Waals surface area contributed by atoms with E-state index >= 15 is 0 Å². The van der Waals surface area contributed by atoms with Crippen LogP contribution in [0.4, 0.5) is 10.1 Å².